The Hall–Kier alpha value is -1.95. The number of rotatable bonds is 5. The first-order valence-electron chi connectivity index (χ1n) is 6.50. The van der Waals surface area contributed by atoms with E-state index in [0.717, 1.165) is 0 Å². The molecule has 0 spiro atoms. The van der Waals surface area contributed by atoms with Crippen molar-refractivity contribution in [3.8, 4) is 11.5 Å². The van der Waals surface area contributed by atoms with Crippen LogP contribution >= 0.6 is 11.6 Å². The van der Waals surface area contributed by atoms with Gasteiger partial charge in [-0.1, -0.05) is 25.4 Å². The van der Waals surface area contributed by atoms with Gasteiger partial charge in [-0.05, 0) is 18.1 Å². The number of carboxylic acid groups (broad SMARTS) is 1. The summed E-state index contributed by atoms with van der Waals surface area (Å²) in [6.45, 7) is 3.76. The summed E-state index contributed by atoms with van der Waals surface area (Å²) in [7, 11) is 0. The predicted octanol–water partition coefficient (Wildman–Crippen LogP) is 2.30. The predicted molar refractivity (Wildman–Crippen MR) is 75.9 cm³/mol. The zero-order valence-electron chi connectivity index (χ0n) is 11.7. The molecule has 0 fully saturated rings. The molecule has 2 rings (SSSR count). The quantitative estimate of drug-likeness (QED) is 0.871. The molecule has 114 valence electrons. The first-order chi connectivity index (χ1) is 9.88. The van der Waals surface area contributed by atoms with Crippen molar-refractivity contribution in [3.63, 3.8) is 0 Å². The lowest BCUT2D eigenvalue weighted by molar-refractivity contribution is -0.137. The third-order valence-corrected chi connectivity index (χ3v) is 3.49. The first-order valence-corrected chi connectivity index (χ1v) is 6.88. The molecule has 0 aliphatic carbocycles. The Kier molecular flexibility index (Phi) is 4.57. The molecule has 0 radical (unpaired) electrons. The molecule has 7 heteroatoms. The van der Waals surface area contributed by atoms with E-state index >= 15 is 0 Å². The molecule has 6 nitrogen and oxygen atoms in total. The van der Waals surface area contributed by atoms with Crippen LogP contribution in [0.25, 0.3) is 0 Å². The van der Waals surface area contributed by atoms with E-state index in [9.17, 15) is 9.59 Å². The fourth-order valence-corrected chi connectivity index (χ4v) is 2.26. The van der Waals surface area contributed by atoms with Crippen molar-refractivity contribution >= 4 is 23.5 Å². The number of hydrogen-bond acceptors (Lipinski definition) is 4. The van der Waals surface area contributed by atoms with Gasteiger partial charge < -0.3 is 19.9 Å². The van der Waals surface area contributed by atoms with E-state index in [1.165, 1.54) is 12.1 Å². The number of carboxylic acids is 1. The minimum atomic E-state index is -0.960. The second-order valence-electron chi connectivity index (χ2n) is 5.11. The van der Waals surface area contributed by atoms with Crippen LogP contribution in [0.15, 0.2) is 12.1 Å². The van der Waals surface area contributed by atoms with Gasteiger partial charge in [0.25, 0.3) is 5.91 Å². The van der Waals surface area contributed by atoms with Gasteiger partial charge in [-0.2, -0.15) is 0 Å². The third kappa shape index (κ3) is 3.58. The Morgan fingerprint density at radius 3 is 2.71 bits per heavy atom. The van der Waals surface area contributed by atoms with Crippen LogP contribution in [0, 0.1) is 5.92 Å². The lowest BCUT2D eigenvalue weighted by Gasteiger charge is -2.20. The Labute approximate surface area is 127 Å². The number of nitrogens with one attached hydrogen (secondary N) is 1. The van der Waals surface area contributed by atoms with E-state index in [-0.39, 0.29) is 24.2 Å². The summed E-state index contributed by atoms with van der Waals surface area (Å²) in [5, 5.41) is 11.9. The van der Waals surface area contributed by atoms with Gasteiger partial charge in [0.05, 0.1) is 11.4 Å². The van der Waals surface area contributed by atoms with Crippen LogP contribution in [0.4, 0.5) is 0 Å². The average molecular weight is 314 g/mol. The van der Waals surface area contributed by atoms with Crippen LogP contribution in [0.2, 0.25) is 5.02 Å². The number of amides is 1. The van der Waals surface area contributed by atoms with E-state index in [0.29, 0.717) is 17.1 Å². The van der Waals surface area contributed by atoms with Gasteiger partial charge in [0.15, 0.2) is 11.5 Å². The highest BCUT2D eigenvalue weighted by Gasteiger charge is 2.24. The van der Waals surface area contributed by atoms with Gasteiger partial charge in [-0.3, -0.25) is 9.59 Å². The summed E-state index contributed by atoms with van der Waals surface area (Å²) < 4.78 is 10.4. The molecule has 1 aliphatic rings. The molecule has 1 atom stereocenters. The van der Waals surface area contributed by atoms with Gasteiger partial charge in [0.2, 0.25) is 6.79 Å². The van der Waals surface area contributed by atoms with Crippen molar-refractivity contribution < 1.29 is 24.2 Å². The van der Waals surface area contributed by atoms with Gasteiger partial charge in [-0.15, -0.1) is 0 Å². The van der Waals surface area contributed by atoms with Crippen molar-refractivity contribution in [2.24, 2.45) is 5.92 Å². The summed E-state index contributed by atoms with van der Waals surface area (Å²) in [6.07, 6.45) is -0.137. The number of aliphatic carboxylic acids is 1. The van der Waals surface area contributed by atoms with Crippen molar-refractivity contribution in [2.75, 3.05) is 6.79 Å². The molecular formula is C14H16ClNO5. The molecule has 2 N–H and O–H groups in total. The average Bonchev–Trinajstić information content (AvgIpc) is 2.85. The van der Waals surface area contributed by atoms with E-state index in [1.807, 2.05) is 13.8 Å². The highest BCUT2D eigenvalue weighted by atomic mass is 35.5. The van der Waals surface area contributed by atoms with Crippen LogP contribution in [0.1, 0.15) is 30.6 Å². The molecule has 0 saturated carbocycles. The number of ether oxygens (including phenoxy) is 2. The molecule has 1 heterocycles. The molecule has 1 aromatic carbocycles. The van der Waals surface area contributed by atoms with Crippen LogP contribution in [-0.4, -0.2) is 29.8 Å². The van der Waals surface area contributed by atoms with Gasteiger partial charge >= 0.3 is 5.97 Å². The summed E-state index contributed by atoms with van der Waals surface area (Å²) >= 11 is 6.02. The Bertz CT molecular complexity index is 573. The maximum absolute atomic E-state index is 12.2. The second-order valence-corrected chi connectivity index (χ2v) is 5.52. The minimum Gasteiger partial charge on any atom is -0.481 e. The smallest absolute Gasteiger partial charge is 0.305 e. The maximum Gasteiger partial charge on any atom is 0.305 e. The fourth-order valence-electron chi connectivity index (χ4n) is 1.99. The fraction of sp³-hybridized carbons (Fsp3) is 0.429. The Morgan fingerprint density at radius 2 is 2.10 bits per heavy atom. The largest absolute Gasteiger partial charge is 0.481 e. The van der Waals surface area contributed by atoms with Gasteiger partial charge in [0.1, 0.15) is 0 Å². The standard InChI is InChI=1S/C14H16ClNO5/c1-7(2)10(5-12(17)18)16-14(19)8-3-9(15)13-11(4-8)20-6-21-13/h3-4,7,10H,5-6H2,1-2H3,(H,16,19)(H,17,18). The lowest BCUT2D eigenvalue weighted by atomic mass is 10.0. The summed E-state index contributed by atoms with van der Waals surface area (Å²) in [4.78, 5) is 23.1. The molecule has 1 unspecified atom stereocenters. The number of halogens is 1. The minimum absolute atomic E-state index is 0.00506. The maximum atomic E-state index is 12.2. The molecule has 0 bridgehead atoms. The van der Waals surface area contributed by atoms with Crippen LogP contribution in [0.5, 0.6) is 11.5 Å². The van der Waals surface area contributed by atoms with Gasteiger partial charge in [-0.25, -0.2) is 0 Å². The van der Waals surface area contributed by atoms with E-state index in [2.05, 4.69) is 5.32 Å². The SMILES string of the molecule is CC(C)C(CC(=O)O)NC(=O)c1cc(Cl)c2c(c1)OCO2. The topological polar surface area (TPSA) is 84.9 Å². The number of carbonyl (C=O) groups is 2. The second kappa shape index (κ2) is 6.22. The van der Waals surface area contributed by atoms with Crippen molar-refractivity contribution in [2.45, 2.75) is 26.3 Å². The van der Waals surface area contributed by atoms with E-state index < -0.39 is 17.9 Å². The molecule has 1 aromatic rings. The molecule has 1 aliphatic heterocycles. The summed E-state index contributed by atoms with van der Waals surface area (Å²) in [5.74, 6) is -0.534. The summed E-state index contributed by atoms with van der Waals surface area (Å²) in [6, 6.07) is 2.55. The normalized spacial score (nSPS) is 14.1. The highest BCUT2D eigenvalue weighted by molar-refractivity contribution is 6.32. The van der Waals surface area contributed by atoms with Crippen LogP contribution in [-0.2, 0) is 4.79 Å². The van der Waals surface area contributed by atoms with Crippen molar-refractivity contribution in [1.29, 1.82) is 0 Å². The summed E-state index contributed by atoms with van der Waals surface area (Å²) in [5.41, 5.74) is 0.306. The molecule has 0 aromatic heterocycles. The Balaban J connectivity index is 2.16. The monoisotopic (exact) mass is 313 g/mol. The number of carbonyl (C=O) groups excluding carboxylic acids is 1. The Morgan fingerprint density at radius 1 is 1.38 bits per heavy atom. The first kappa shape index (κ1) is 15.4. The lowest BCUT2D eigenvalue weighted by Crippen LogP contribution is -2.40. The number of fused-ring (bicyclic) bond motifs is 1. The number of benzene rings is 1. The third-order valence-electron chi connectivity index (χ3n) is 3.21. The molecular weight excluding hydrogens is 298 g/mol. The van der Waals surface area contributed by atoms with E-state index in [4.69, 9.17) is 26.2 Å². The van der Waals surface area contributed by atoms with Crippen molar-refractivity contribution in [1.82, 2.24) is 5.32 Å². The van der Waals surface area contributed by atoms with Crippen molar-refractivity contribution in [3.05, 3.63) is 22.7 Å². The zero-order valence-corrected chi connectivity index (χ0v) is 12.4. The molecule has 21 heavy (non-hydrogen) atoms. The van der Waals surface area contributed by atoms with Gasteiger partial charge in [0, 0.05) is 11.6 Å². The molecule has 1 amide bonds. The van der Waals surface area contributed by atoms with Crippen LogP contribution < -0.4 is 14.8 Å². The van der Waals surface area contributed by atoms with Crippen LogP contribution in [0.3, 0.4) is 0 Å². The highest BCUT2D eigenvalue weighted by Crippen LogP contribution is 2.39. The molecule has 0 saturated heterocycles. The zero-order chi connectivity index (χ0) is 15.6. The van der Waals surface area contributed by atoms with E-state index in [1.54, 1.807) is 0 Å². The number of hydrogen-bond donors (Lipinski definition) is 2.